The third-order valence-corrected chi connectivity index (χ3v) is 2.76. The van der Waals surface area contributed by atoms with E-state index in [-0.39, 0.29) is 10.8 Å². The number of hydrogen-bond acceptors (Lipinski definition) is 3. The summed E-state index contributed by atoms with van der Waals surface area (Å²) in [4.78, 5) is 10.8. The van der Waals surface area contributed by atoms with Crippen LogP contribution in [0.2, 0.25) is 0 Å². The molecule has 0 saturated carbocycles. The van der Waals surface area contributed by atoms with E-state index >= 15 is 0 Å². The molecular weight excluding hydrogens is 186 g/mol. The molecular formula is C9H11NO2S. The molecule has 0 spiro atoms. The Morgan fingerprint density at radius 2 is 2.15 bits per heavy atom. The van der Waals surface area contributed by atoms with E-state index in [9.17, 15) is 10.1 Å². The van der Waals surface area contributed by atoms with Gasteiger partial charge in [-0.2, -0.15) is 0 Å². The maximum atomic E-state index is 10.1. The summed E-state index contributed by atoms with van der Waals surface area (Å²) in [5.74, 6) is -0.0656. The first kappa shape index (κ1) is 10.1. The highest BCUT2D eigenvalue weighted by Gasteiger charge is 2.03. The van der Waals surface area contributed by atoms with Gasteiger partial charge in [0.15, 0.2) is 0 Å². The van der Waals surface area contributed by atoms with Gasteiger partial charge in [0.25, 0.3) is 5.88 Å². The second-order valence-corrected chi connectivity index (χ2v) is 3.86. The lowest BCUT2D eigenvalue weighted by molar-refractivity contribution is -0.456. The Kier molecular flexibility index (Phi) is 3.31. The molecule has 0 bridgehead atoms. The maximum absolute atomic E-state index is 10.1. The molecule has 0 heterocycles. The molecule has 3 nitrogen and oxygen atoms in total. The standard InChI is InChI=1S/C9H11NO2S/c1-7-3-4-9(8(2)5-7)13-6-10(11)12/h3-5H,6H2,1-2H3. The second kappa shape index (κ2) is 4.28. The lowest BCUT2D eigenvalue weighted by Gasteiger charge is -2.02. The van der Waals surface area contributed by atoms with Gasteiger partial charge in [-0.3, -0.25) is 10.1 Å². The summed E-state index contributed by atoms with van der Waals surface area (Å²) in [7, 11) is 0. The molecule has 0 radical (unpaired) electrons. The van der Waals surface area contributed by atoms with Crippen LogP contribution in [0.3, 0.4) is 0 Å². The average Bonchev–Trinajstić information content (AvgIpc) is 2.02. The molecule has 0 unspecified atom stereocenters. The van der Waals surface area contributed by atoms with Crippen molar-refractivity contribution in [3.63, 3.8) is 0 Å². The predicted octanol–water partition coefficient (Wildman–Crippen LogP) is 2.63. The van der Waals surface area contributed by atoms with Crippen LogP contribution in [0.15, 0.2) is 23.1 Å². The van der Waals surface area contributed by atoms with E-state index in [4.69, 9.17) is 0 Å². The van der Waals surface area contributed by atoms with Crippen molar-refractivity contribution in [2.75, 3.05) is 5.88 Å². The average molecular weight is 197 g/mol. The molecule has 13 heavy (non-hydrogen) atoms. The Morgan fingerprint density at radius 1 is 1.46 bits per heavy atom. The summed E-state index contributed by atoms with van der Waals surface area (Å²) in [5, 5.41) is 10.1. The Bertz CT molecular complexity index is 325. The van der Waals surface area contributed by atoms with Crippen LogP contribution in [0.25, 0.3) is 0 Å². The molecule has 0 aliphatic heterocycles. The first-order chi connectivity index (χ1) is 6.09. The summed E-state index contributed by atoms with van der Waals surface area (Å²) in [6.07, 6.45) is 0. The van der Waals surface area contributed by atoms with Crippen molar-refractivity contribution in [3.8, 4) is 0 Å². The van der Waals surface area contributed by atoms with Crippen molar-refractivity contribution in [1.29, 1.82) is 0 Å². The van der Waals surface area contributed by atoms with Crippen molar-refractivity contribution < 1.29 is 4.92 Å². The molecule has 0 N–H and O–H groups in total. The number of thioether (sulfide) groups is 1. The van der Waals surface area contributed by atoms with E-state index in [1.54, 1.807) is 0 Å². The minimum atomic E-state index is -0.316. The van der Waals surface area contributed by atoms with Gasteiger partial charge in [0.05, 0.1) is 0 Å². The van der Waals surface area contributed by atoms with E-state index in [1.807, 2.05) is 32.0 Å². The Balaban J connectivity index is 2.72. The highest BCUT2D eigenvalue weighted by Crippen LogP contribution is 2.22. The van der Waals surface area contributed by atoms with Crippen LogP contribution < -0.4 is 0 Å². The zero-order valence-corrected chi connectivity index (χ0v) is 8.43. The van der Waals surface area contributed by atoms with Crippen LogP contribution in [0.1, 0.15) is 11.1 Å². The Hall–Kier alpha value is -1.03. The molecule has 70 valence electrons. The van der Waals surface area contributed by atoms with Crippen LogP contribution in [0, 0.1) is 24.0 Å². The van der Waals surface area contributed by atoms with Gasteiger partial charge in [-0.05, 0) is 37.2 Å². The second-order valence-electron chi connectivity index (χ2n) is 2.88. The van der Waals surface area contributed by atoms with Gasteiger partial charge < -0.3 is 0 Å². The van der Waals surface area contributed by atoms with Gasteiger partial charge >= 0.3 is 0 Å². The monoisotopic (exact) mass is 197 g/mol. The molecule has 0 saturated heterocycles. The first-order valence-corrected chi connectivity index (χ1v) is 4.90. The maximum Gasteiger partial charge on any atom is 0.253 e. The normalized spacial score (nSPS) is 10.0. The van der Waals surface area contributed by atoms with E-state index in [2.05, 4.69) is 0 Å². The quantitative estimate of drug-likeness (QED) is 0.324. The number of nitro groups is 1. The zero-order valence-electron chi connectivity index (χ0n) is 7.61. The molecule has 1 rings (SSSR count). The zero-order chi connectivity index (χ0) is 9.84. The fourth-order valence-corrected chi connectivity index (χ4v) is 1.78. The summed E-state index contributed by atoms with van der Waals surface area (Å²) in [6.45, 7) is 3.98. The number of rotatable bonds is 3. The SMILES string of the molecule is Cc1ccc(SC[N+](=O)[O-])c(C)c1. The van der Waals surface area contributed by atoms with Crippen molar-refractivity contribution in [2.24, 2.45) is 0 Å². The topological polar surface area (TPSA) is 43.1 Å². The van der Waals surface area contributed by atoms with Crippen molar-refractivity contribution in [2.45, 2.75) is 18.7 Å². The minimum Gasteiger partial charge on any atom is -0.264 e. The van der Waals surface area contributed by atoms with Gasteiger partial charge in [-0.15, -0.1) is 0 Å². The minimum absolute atomic E-state index is 0.0656. The fraction of sp³-hybridized carbons (Fsp3) is 0.333. The van der Waals surface area contributed by atoms with E-state index in [1.165, 1.54) is 17.3 Å². The first-order valence-electron chi connectivity index (χ1n) is 3.91. The summed E-state index contributed by atoms with van der Waals surface area (Å²) >= 11 is 1.26. The van der Waals surface area contributed by atoms with Crippen LogP contribution in [0.4, 0.5) is 0 Å². The number of nitrogens with zero attached hydrogens (tertiary/aromatic N) is 1. The molecule has 0 fully saturated rings. The number of aryl methyl sites for hydroxylation is 2. The molecule has 0 amide bonds. The Labute approximate surface area is 81.3 Å². The van der Waals surface area contributed by atoms with Gasteiger partial charge in [-0.1, -0.05) is 17.7 Å². The third-order valence-electron chi connectivity index (χ3n) is 1.66. The van der Waals surface area contributed by atoms with Crippen LogP contribution in [0.5, 0.6) is 0 Å². The summed E-state index contributed by atoms with van der Waals surface area (Å²) in [6, 6.07) is 5.93. The largest absolute Gasteiger partial charge is 0.264 e. The molecule has 1 aromatic rings. The molecule has 4 heteroatoms. The lowest BCUT2D eigenvalue weighted by Crippen LogP contribution is -1.95. The van der Waals surface area contributed by atoms with Crippen molar-refractivity contribution in [1.82, 2.24) is 0 Å². The van der Waals surface area contributed by atoms with Gasteiger partial charge in [0, 0.05) is 9.82 Å². The van der Waals surface area contributed by atoms with Crippen molar-refractivity contribution >= 4 is 11.8 Å². The lowest BCUT2D eigenvalue weighted by atomic mass is 10.2. The third kappa shape index (κ3) is 3.06. The van der Waals surface area contributed by atoms with Crippen LogP contribution in [-0.4, -0.2) is 10.8 Å². The molecule has 1 aromatic carbocycles. The van der Waals surface area contributed by atoms with Crippen LogP contribution in [-0.2, 0) is 0 Å². The summed E-state index contributed by atoms with van der Waals surface area (Å²) < 4.78 is 0. The predicted molar refractivity (Wildman–Crippen MR) is 53.6 cm³/mol. The Morgan fingerprint density at radius 3 is 2.69 bits per heavy atom. The highest BCUT2D eigenvalue weighted by atomic mass is 32.2. The fourth-order valence-electron chi connectivity index (χ4n) is 1.08. The molecule has 0 aliphatic rings. The molecule has 0 atom stereocenters. The van der Waals surface area contributed by atoms with E-state index in [0.29, 0.717) is 0 Å². The van der Waals surface area contributed by atoms with Gasteiger partial charge in [-0.25, -0.2) is 0 Å². The molecule has 0 aromatic heterocycles. The highest BCUT2D eigenvalue weighted by molar-refractivity contribution is 7.99. The van der Waals surface area contributed by atoms with E-state index in [0.717, 1.165) is 10.5 Å². The van der Waals surface area contributed by atoms with Gasteiger partial charge in [0.2, 0.25) is 0 Å². The van der Waals surface area contributed by atoms with Crippen LogP contribution >= 0.6 is 11.8 Å². The van der Waals surface area contributed by atoms with Crippen molar-refractivity contribution in [3.05, 3.63) is 39.4 Å². The number of hydrogen-bond donors (Lipinski definition) is 0. The van der Waals surface area contributed by atoms with E-state index < -0.39 is 0 Å². The number of benzene rings is 1. The summed E-state index contributed by atoms with van der Waals surface area (Å²) in [5.41, 5.74) is 2.29. The smallest absolute Gasteiger partial charge is 0.253 e. The molecule has 0 aliphatic carbocycles. The van der Waals surface area contributed by atoms with Gasteiger partial charge in [0.1, 0.15) is 0 Å².